The lowest BCUT2D eigenvalue weighted by atomic mass is 9.53. The molecule has 154 valence electrons. The predicted octanol–water partition coefficient (Wildman–Crippen LogP) is 4.69. The molecule has 0 bridgehead atoms. The van der Waals surface area contributed by atoms with Crippen LogP contribution in [0.3, 0.4) is 0 Å². The molecule has 2 N–H and O–H groups in total. The van der Waals surface area contributed by atoms with Crippen LogP contribution in [0.2, 0.25) is 5.02 Å². The van der Waals surface area contributed by atoms with Crippen LogP contribution in [0.1, 0.15) is 47.9 Å². The fourth-order valence-electron chi connectivity index (χ4n) is 6.20. The topological polar surface area (TPSA) is 52.9 Å². The number of ether oxygens (including phenoxy) is 1. The highest BCUT2D eigenvalue weighted by Crippen LogP contribution is 2.69. The lowest BCUT2D eigenvalue weighted by Gasteiger charge is -2.68. The molecule has 3 fully saturated rings. The summed E-state index contributed by atoms with van der Waals surface area (Å²) in [6.07, 6.45) is 3.95. The Morgan fingerprint density at radius 3 is 2.66 bits per heavy atom. The van der Waals surface area contributed by atoms with Crippen LogP contribution in [0.5, 0.6) is 11.5 Å². The Morgan fingerprint density at radius 2 is 1.97 bits per heavy atom. The first-order valence-corrected chi connectivity index (χ1v) is 10.8. The molecule has 1 spiro atoms. The van der Waals surface area contributed by atoms with Gasteiger partial charge in [-0.25, -0.2) is 0 Å². The number of hydrogen-bond acceptors (Lipinski definition) is 4. The van der Waals surface area contributed by atoms with Gasteiger partial charge in [-0.3, -0.25) is 4.90 Å². The number of rotatable bonds is 4. The number of phenols is 1. The van der Waals surface area contributed by atoms with Gasteiger partial charge in [0.05, 0.1) is 17.7 Å². The third kappa shape index (κ3) is 2.59. The quantitative estimate of drug-likeness (QED) is 0.763. The van der Waals surface area contributed by atoms with Crippen LogP contribution in [0, 0.1) is 19.3 Å². The largest absolute Gasteiger partial charge is 0.508 e. The summed E-state index contributed by atoms with van der Waals surface area (Å²) in [7, 11) is 1.61. The fourth-order valence-corrected chi connectivity index (χ4v) is 6.39. The summed E-state index contributed by atoms with van der Waals surface area (Å²) in [5.74, 6) is 0.978. The number of hydrogen-bond donors (Lipinski definition) is 2. The van der Waals surface area contributed by atoms with E-state index in [1.54, 1.807) is 13.2 Å². The lowest BCUT2D eigenvalue weighted by Crippen LogP contribution is -2.74. The van der Waals surface area contributed by atoms with Gasteiger partial charge in [0.25, 0.3) is 0 Å². The maximum absolute atomic E-state index is 11.6. The number of benzene rings is 2. The predicted molar refractivity (Wildman–Crippen MR) is 114 cm³/mol. The zero-order valence-corrected chi connectivity index (χ0v) is 18.0. The summed E-state index contributed by atoms with van der Waals surface area (Å²) in [4.78, 5) is 2.58. The number of phenolic OH excluding ortho intramolecular Hbond substituents is 1. The van der Waals surface area contributed by atoms with Gasteiger partial charge < -0.3 is 14.9 Å². The fraction of sp³-hybridized carbons (Fsp3) is 0.500. The van der Waals surface area contributed by atoms with Crippen molar-refractivity contribution in [3.63, 3.8) is 0 Å². The van der Waals surface area contributed by atoms with Crippen LogP contribution in [-0.2, 0) is 12.1 Å². The molecule has 1 saturated heterocycles. The summed E-state index contributed by atoms with van der Waals surface area (Å²) in [6.45, 7) is 4.94. The maximum Gasteiger partial charge on any atom is 0.137 e. The van der Waals surface area contributed by atoms with Crippen molar-refractivity contribution >= 4 is 11.6 Å². The molecule has 2 aromatic carbocycles. The minimum Gasteiger partial charge on any atom is -0.508 e. The van der Waals surface area contributed by atoms with Gasteiger partial charge in [-0.1, -0.05) is 23.7 Å². The van der Waals surface area contributed by atoms with E-state index in [1.165, 1.54) is 18.4 Å². The number of aliphatic hydroxyl groups is 1. The molecule has 0 amide bonds. The smallest absolute Gasteiger partial charge is 0.137 e. The van der Waals surface area contributed by atoms with Crippen molar-refractivity contribution in [1.82, 2.24) is 4.90 Å². The minimum atomic E-state index is -0.837. The summed E-state index contributed by atoms with van der Waals surface area (Å²) in [5.41, 5.74) is 3.70. The standard InChI is InChI=1S/C24H28ClNO3/c1-14-15(2)19(27)7-4-16(14)12-26-21-8-9-23(21)13-24(28,11-22(23)26)17-5-6-18(25)20(10-17)29-3/h4-7,10,21-22,27-28H,8-9,11-13H2,1-3H3. The summed E-state index contributed by atoms with van der Waals surface area (Å²) < 4.78 is 5.38. The van der Waals surface area contributed by atoms with Gasteiger partial charge in [0, 0.05) is 24.0 Å². The van der Waals surface area contributed by atoms with E-state index in [0.29, 0.717) is 28.6 Å². The first kappa shape index (κ1) is 19.2. The van der Waals surface area contributed by atoms with Crippen LogP contribution in [0.15, 0.2) is 30.3 Å². The molecule has 3 aliphatic rings. The molecule has 4 unspecified atom stereocenters. The Bertz CT molecular complexity index is 992. The number of likely N-dealkylation sites (tertiary alicyclic amines) is 1. The van der Waals surface area contributed by atoms with Gasteiger partial charge in [0.1, 0.15) is 11.5 Å². The van der Waals surface area contributed by atoms with Crippen molar-refractivity contribution in [3.8, 4) is 11.5 Å². The van der Waals surface area contributed by atoms with E-state index in [9.17, 15) is 10.2 Å². The molecule has 1 aliphatic heterocycles. The van der Waals surface area contributed by atoms with E-state index >= 15 is 0 Å². The van der Waals surface area contributed by atoms with Crippen LogP contribution in [0.25, 0.3) is 0 Å². The Kier molecular flexibility index (Phi) is 4.22. The average molecular weight is 414 g/mol. The summed E-state index contributed by atoms with van der Waals surface area (Å²) in [6, 6.07) is 10.4. The van der Waals surface area contributed by atoms with Gasteiger partial charge in [-0.15, -0.1) is 0 Å². The third-order valence-electron chi connectivity index (χ3n) is 8.08. The second-order valence-electron chi connectivity index (χ2n) is 9.23. The number of methoxy groups -OCH3 is 1. The van der Waals surface area contributed by atoms with Crippen LogP contribution >= 0.6 is 11.6 Å². The van der Waals surface area contributed by atoms with Gasteiger partial charge >= 0.3 is 0 Å². The van der Waals surface area contributed by atoms with Crippen molar-refractivity contribution in [2.45, 2.75) is 63.8 Å². The Hall–Kier alpha value is -1.75. The third-order valence-corrected chi connectivity index (χ3v) is 8.39. The average Bonchev–Trinajstić information content (AvgIpc) is 3.01. The number of halogens is 1. The van der Waals surface area contributed by atoms with Crippen LogP contribution in [-0.4, -0.2) is 34.3 Å². The molecule has 5 heteroatoms. The van der Waals surface area contributed by atoms with E-state index in [4.69, 9.17) is 16.3 Å². The molecule has 4 nitrogen and oxygen atoms in total. The second-order valence-corrected chi connectivity index (χ2v) is 9.64. The number of nitrogens with zero attached hydrogens (tertiary/aromatic N) is 1. The van der Waals surface area contributed by atoms with Gasteiger partial charge in [-0.2, -0.15) is 0 Å². The van der Waals surface area contributed by atoms with E-state index in [0.717, 1.165) is 36.1 Å². The maximum atomic E-state index is 11.6. The summed E-state index contributed by atoms with van der Waals surface area (Å²) in [5, 5.41) is 22.2. The highest BCUT2D eigenvalue weighted by atomic mass is 35.5. The molecule has 5 rings (SSSR count). The highest BCUT2D eigenvalue weighted by molar-refractivity contribution is 6.32. The Morgan fingerprint density at radius 1 is 1.17 bits per heavy atom. The molecule has 0 radical (unpaired) electrons. The van der Waals surface area contributed by atoms with Crippen molar-refractivity contribution in [3.05, 3.63) is 57.6 Å². The van der Waals surface area contributed by atoms with Gasteiger partial charge in [-0.05, 0) is 80.0 Å². The van der Waals surface area contributed by atoms with Gasteiger partial charge in [0.15, 0.2) is 0 Å². The normalized spacial score (nSPS) is 32.9. The molecule has 4 atom stereocenters. The van der Waals surface area contributed by atoms with Gasteiger partial charge in [0.2, 0.25) is 0 Å². The molecule has 2 aliphatic carbocycles. The molecule has 0 aromatic heterocycles. The summed E-state index contributed by atoms with van der Waals surface area (Å²) >= 11 is 6.20. The van der Waals surface area contributed by atoms with E-state index in [-0.39, 0.29) is 5.41 Å². The van der Waals surface area contributed by atoms with Crippen LogP contribution in [0.4, 0.5) is 0 Å². The number of aromatic hydroxyl groups is 1. The lowest BCUT2D eigenvalue weighted by molar-refractivity contribution is -0.194. The SMILES string of the molecule is COc1cc(C2(O)CC3N(Cc4ccc(O)c(C)c4C)C4CCC43C2)ccc1Cl. The molecule has 29 heavy (non-hydrogen) atoms. The Labute approximate surface area is 177 Å². The van der Waals surface area contributed by atoms with E-state index < -0.39 is 5.60 Å². The minimum absolute atomic E-state index is 0.238. The first-order chi connectivity index (χ1) is 13.8. The Balaban J connectivity index is 1.42. The van der Waals surface area contributed by atoms with Crippen molar-refractivity contribution in [1.29, 1.82) is 0 Å². The van der Waals surface area contributed by atoms with E-state index in [2.05, 4.69) is 11.8 Å². The van der Waals surface area contributed by atoms with Crippen molar-refractivity contribution < 1.29 is 14.9 Å². The molecule has 1 heterocycles. The molecule has 2 saturated carbocycles. The van der Waals surface area contributed by atoms with E-state index in [1.807, 2.05) is 31.2 Å². The second kappa shape index (κ2) is 6.37. The van der Waals surface area contributed by atoms with Crippen molar-refractivity contribution in [2.24, 2.45) is 5.41 Å². The molecular formula is C24H28ClNO3. The zero-order chi connectivity index (χ0) is 20.6. The van der Waals surface area contributed by atoms with Crippen molar-refractivity contribution in [2.75, 3.05) is 7.11 Å². The highest BCUT2D eigenvalue weighted by Gasteiger charge is 2.72. The monoisotopic (exact) mass is 413 g/mol. The zero-order valence-electron chi connectivity index (χ0n) is 17.2. The number of piperidine rings is 1. The molecular weight excluding hydrogens is 386 g/mol. The molecule has 2 aromatic rings. The van der Waals surface area contributed by atoms with Crippen LogP contribution < -0.4 is 4.74 Å². The first-order valence-electron chi connectivity index (χ1n) is 10.4.